The smallest absolute Gasteiger partial charge is 0.257 e. The fourth-order valence-corrected chi connectivity index (χ4v) is 4.60. The first-order valence-electron chi connectivity index (χ1n) is 9.69. The average molecular weight is 453 g/mol. The van der Waals surface area contributed by atoms with Crippen LogP contribution in [0.15, 0.2) is 36.4 Å². The Hall–Kier alpha value is -2.85. The Balaban J connectivity index is 1.50. The topological polar surface area (TPSA) is 94.2 Å². The van der Waals surface area contributed by atoms with Crippen LogP contribution in [0.3, 0.4) is 0 Å². The molecule has 0 saturated heterocycles. The molecular weight excluding hydrogens is 427 g/mol. The molecule has 8 nitrogen and oxygen atoms in total. The van der Waals surface area contributed by atoms with Crippen molar-refractivity contribution in [2.75, 3.05) is 39.7 Å². The molecule has 0 aliphatic carbocycles. The van der Waals surface area contributed by atoms with Crippen LogP contribution in [0.5, 0.6) is 17.2 Å². The molecule has 31 heavy (non-hydrogen) atoms. The molecule has 0 unspecified atom stereocenters. The normalized spacial score (nSPS) is 13.9. The minimum absolute atomic E-state index is 0.0385. The van der Waals surface area contributed by atoms with E-state index < -0.39 is 21.7 Å². The van der Waals surface area contributed by atoms with E-state index >= 15 is 0 Å². The van der Waals surface area contributed by atoms with Crippen molar-refractivity contribution < 1.29 is 31.8 Å². The van der Waals surface area contributed by atoms with Gasteiger partial charge >= 0.3 is 0 Å². The molecule has 168 valence electrons. The number of hydrogen-bond donors (Lipinski definition) is 1. The van der Waals surface area contributed by atoms with Gasteiger partial charge in [0, 0.05) is 19.6 Å². The average Bonchev–Trinajstić information content (AvgIpc) is 2.77. The molecule has 0 saturated carbocycles. The van der Waals surface area contributed by atoms with Crippen LogP contribution in [0.25, 0.3) is 0 Å². The van der Waals surface area contributed by atoms with E-state index in [1.54, 1.807) is 13.2 Å². The number of halogens is 1. The second-order valence-electron chi connectivity index (χ2n) is 6.97. The maximum Gasteiger partial charge on any atom is 0.257 e. The van der Waals surface area contributed by atoms with Gasteiger partial charge in [-0.15, -0.1) is 0 Å². The van der Waals surface area contributed by atoms with Crippen LogP contribution in [0.1, 0.15) is 11.1 Å². The second kappa shape index (κ2) is 9.97. The highest BCUT2D eigenvalue weighted by molar-refractivity contribution is 7.89. The van der Waals surface area contributed by atoms with Crippen molar-refractivity contribution >= 4 is 15.9 Å². The minimum Gasteiger partial charge on any atom is -0.493 e. The molecule has 0 fully saturated rings. The lowest BCUT2D eigenvalue weighted by Crippen LogP contribution is -2.41. The maximum absolute atomic E-state index is 12.9. The van der Waals surface area contributed by atoms with E-state index in [0.717, 1.165) is 11.1 Å². The minimum atomic E-state index is -3.56. The fourth-order valence-electron chi connectivity index (χ4n) is 3.27. The van der Waals surface area contributed by atoms with Crippen LogP contribution in [-0.4, -0.2) is 58.3 Å². The maximum atomic E-state index is 12.9. The predicted molar refractivity (Wildman–Crippen MR) is 112 cm³/mol. The molecule has 1 N–H and O–H groups in total. The largest absolute Gasteiger partial charge is 0.493 e. The van der Waals surface area contributed by atoms with Crippen molar-refractivity contribution in [3.63, 3.8) is 0 Å². The second-order valence-corrected chi connectivity index (χ2v) is 9.06. The van der Waals surface area contributed by atoms with Gasteiger partial charge in [-0.1, -0.05) is 0 Å². The SMILES string of the molecule is COc1cc2c(cc1OC)CN(S(=O)(=O)CCNC(=O)COc1ccc(F)cc1)CC2. The van der Waals surface area contributed by atoms with Crippen molar-refractivity contribution in [2.24, 2.45) is 0 Å². The summed E-state index contributed by atoms with van der Waals surface area (Å²) in [6.07, 6.45) is 0.562. The van der Waals surface area contributed by atoms with Gasteiger partial charge in [-0.05, 0) is 53.9 Å². The van der Waals surface area contributed by atoms with Crippen molar-refractivity contribution in [1.29, 1.82) is 0 Å². The van der Waals surface area contributed by atoms with E-state index in [0.29, 0.717) is 30.2 Å². The van der Waals surface area contributed by atoms with Crippen molar-refractivity contribution in [3.8, 4) is 17.2 Å². The van der Waals surface area contributed by atoms with E-state index in [-0.39, 0.29) is 25.4 Å². The zero-order valence-electron chi connectivity index (χ0n) is 17.4. The quantitative estimate of drug-likeness (QED) is 0.623. The lowest BCUT2D eigenvalue weighted by Gasteiger charge is -2.29. The summed E-state index contributed by atoms with van der Waals surface area (Å²) in [7, 11) is -0.475. The Labute approximate surface area is 181 Å². The standard InChI is InChI=1S/C21H25FN2O6S/c1-28-19-11-15-7-9-24(13-16(15)12-20(19)29-2)31(26,27)10-8-23-21(25)14-30-18-5-3-17(22)4-6-18/h3-6,11-12H,7-10,13-14H2,1-2H3,(H,23,25). The molecule has 0 radical (unpaired) electrons. The third-order valence-electron chi connectivity index (χ3n) is 4.94. The number of benzene rings is 2. The summed E-state index contributed by atoms with van der Waals surface area (Å²) in [5.74, 6) is 0.429. The van der Waals surface area contributed by atoms with Crippen molar-refractivity contribution in [2.45, 2.75) is 13.0 Å². The monoisotopic (exact) mass is 452 g/mol. The van der Waals surface area contributed by atoms with Gasteiger partial charge in [0.15, 0.2) is 18.1 Å². The molecule has 1 aliphatic heterocycles. The van der Waals surface area contributed by atoms with Gasteiger partial charge in [-0.2, -0.15) is 4.31 Å². The number of methoxy groups -OCH3 is 2. The zero-order valence-corrected chi connectivity index (χ0v) is 18.2. The van der Waals surface area contributed by atoms with Gasteiger partial charge in [0.1, 0.15) is 11.6 Å². The first-order valence-corrected chi connectivity index (χ1v) is 11.3. The zero-order chi connectivity index (χ0) is 22.4. The molecule has 0 aromatic heterocycles. The summed E-state index contributed by atoms with van der Waals surface area (Å²) in [6.45, 7) is 0.264. The first kappa shape index (κ1) is 22.8. The lowest BCUT2D eigenvalue weighted by atomic mass is 10.0. The first-order chi connectivity index (χ1) is 14.8. The molecule has 10 heteroatoms. The van der Waals surface area contributed by atoms with Gasteiger partial charge in [0.05, 0.1) is 20.0 Å². The van der Waals surface area contributed by atoms with Crippen molar-refractivity contribution in [1.82, 2.24) is 9.62 Å². The van der Waals surface area contributed by atoms with Crippen LogP contribution < -0.4 is 19.5 Å². The van der Waals surface area contributed by atoms with Gasteiger partial charge in [0.2, 0.25) is 10.0 Å². The summed E-state index contributed by atoms with van der Waals surface area (Å²) in [4.78, 5) is 11.9. The van der Waals surface area contributed by atoms with Crippen LogP contribution >= 0.6 is 0 Å². The molecule has 1 amide bonds. The van der Waals surface area contributed by atoms with Crippen molar-refractivity contribution in [3.05, 3.63) is 53.3 Å². The molecule has 3 rings (SSSR count). The van der Waals surface area contributed by atoms with E-state index in [4.69, 9.17) is 14.2 Å². The molecule has 2 aromatic carbocycles. The third-order valence-corrected chi connectivity index (χ3v) is 6.76. The van der Waals surface area contributed by atoms with E-state index in [1.807, 2.05) is 6.07 Å². The molecule has 0 spiro atoms. The van der Waals surface area contributed by atoms with Gasteiger partial charge in [0.25, 0.3) is 5.91 Å². The Morgan fingerprint density at radius 2 is 1.74 bits per heavy atom. The van der Waals surface area contributed by atoms with Crippen LogP contribution in [-0.2, 0) is 27.8 Å². The predicted octanol–water partition coefficient (Wildman–Crippen LogP) is 1.73. The number of carbonyl (C=O) groups excluding carboxylic acids is 1. The highest BCUT2D eigenvalue weighted by Crippen LogP contribution is 2.33. The van der Waals surface area contributed by atoms with E-state index in [2.05, 4.69) is 5.32 Å². The van der Waals surface area contributed by atoms with Crippen LogP contribution in [0.4, 0.5) is 4.39 Å². The summed E-state index contributed by atoms with van der Waals surface area (Å²) in [6, 6.07) is 8.94. The highest BCUT2D eigenvalue weighted by Gasteiger charge is 2.27. The Morgan fingerprint density at radius 1 is 1.10 bits per heavy atom. The highest BCUT2D eigenvalue weighted by atomic mass is 32.2. The molecular formula is C21H25FN2O6S. The summed E-state index contributed by atoms with van der Waals surface area (Å²) in [5.41, 5.74) is 1.89. The van der Waals surface area contributed by atoms with E-state index in [1.165, 1.54) is 35.7 Å². The molecule has 2 aromatic rings. The Bertz CT molecular complexity index is 1030. The number of nitrogens with zero attached hydrogens (tertiary/aromatic N) is 1. The van der Waals surface area contributed by atoms with Gasteiger partial charge in [-0.3, -0.25) is 4.79 Å². The molecule has 0 atom stereocenters. The summed E-state index contributed by atoms with van der Waals surface area (Å²) in [5, 5.41) is 2.53. The van der Waals surface area contributed by atoms with Crippen LogP contribution in [0, 0.1) is 5.82 Å². The van der Waals surface area contributed by atoms with Gasteiger partial charge < -0.3 is 19.5 Å². The molecule has 1 aliphatic rings. The summed E-state index contributed by atoms with van der Waals surface area (Å²) < 4.78 is 55.6. The Kier molecular flexibility index (Phi) is 7.34. The third kappa shape index (κ3) is 5.86. The number of sulfonamides is 1. The fraction of sp³-hybridized carbons (Fsp3) is 0.381. The molecule has 1 heterocycles. The summed E-state index contributed by atoms with van der Waals surface area (Å²) >= 11 is 0. The van der Waals surface area contributed by atoms with Gasteiger partial charge in [-0.25, -0.2) is 12.8 Å². The number of carbonyl (C=O) groups is 1. The number of ether oxygens (including phenoxy) is 3. The number of nitrogens with one attached hydrogen (secondary N) is 1. The Morgan fingerprint density at radius 3 is 2.39 bits per heavy atom. The number of fused-ring (bicyclic) bond motifs is 1. The number of amides is 1. The lowest BCUT2D eigenvalue weighted by molar-refractivity contribution is -0.122. The molecule has 0 bridgehead atoms. The van der Waals surface area contributed by atoms with Crippen LogP contribution in [0.2, 0.25) is 0 Å². The van der Waals surface area contributed by atoms with E-state index in [9.17, 15) is 17.6 Å². The number of hydrogen-bond acceptors (Lipinski definition) is 6. The number of rotatable bonds is 9.